The number of rotatable bonds is 3. The highest BCUT2D eigenvalue weighted by molar-refractivity contribution is 9.10. The molecule has 0 bridgehead atoms. The van der Waals surface area contributed by atoms with Gasteiger partial charge >= 0.3 is 0 Å². The highest BCUT2D eigenvalue weighted by Gasteiger charge is 2.31. The second kappa shape index (κ2) is 5.45. The molecule has 1 aliphatic rings. The number of carbonyl (C=O) groups is 1. The number of Topliss-reactive ketones (excluding diaryl/α,β-unsaturated/α-hetero) is 1. The predicted molar refractivity (Wildman–Crippen MR) is 66.3 cm³/mol. The normalized spacial score (nSPS) is 23.3. The Balaban J connectivity index is 2.19. The molecule has 0 aliphatic carbocycles. The van der Waals surface area contributed by atoms with E-state index >= 15 is 0 Å². The molecule has 0 amide bonds. The van der Waals surface area contributed by atoms with Gasteiger partial charge in [0, 0.05) is 24.5 Å². The van der Waals surface area contributed by atoms with Gasteiger partial charge in [-0.3, -0.25) is 4.79 Å². The largest absolute Gasteiger partial charge is 0.378 e. The van der Waals surface area contributed by atoms with E-state index in [0.717, 1.165) is 6.07 Å². The number of hydrogen-bond donors (Lipinski definition) is 0. The van der Waals surface area contributed by atoms with Gasteiger partial charge < -0.3 is 4.74 Å². The van der Waals surface area contributed by atoms with E-state index < -0.39 is 11.6 Å². The Kier molecular flexibility index (Phi) is 4.12. The zero-order chi connectivity index (χ0) is 13.3. The molecule has 1 heterocycles. The number of ether oxygens (including phenoxy) is 1. The maximum atomic E-state index is 13.7. The molecule has 18 heavy (non-hydrogen) atoms. The highest BCUT2D eigenvalue weighted by Crippen LogP contribution is 2.26. The van der Waals surface area contributed by atoms with Crippen molar-refractivity contribution in [1.82, 2.24) is 0 Å². The van der Waals surface area contributed by atoms with Gasteiger partial charge in [-0.2, -0.15) is 0 Å². The molecule has 1 saturated heterocycles. The van der Waals surface area contributed by atoms with Crippen molar-refractivity contribution in [2.24, 2.45) is 5.92 Å². The van der Waals surface area contributed by atoms with Gasteiger partial charge in [0.05, 0.1) is 10.6 Å². The highest BCUT2D eigenvalue weighted by atomic mass is 79.9. The molecule has 2 atom stereocenters. The van der Waals surface area contributed by atoms with Crippen molar-refractivity contribution in [3.63, 3.8) is 0 Å². The Hall–Kier alpha value is -0.810. The molecule has 0 aromatic heterocycles. The van der Waals surface area contributed by atoms with Crippen LogP contribution in [0.4, 0.5) is 8.78 Å². The minimum Gasteiger partial charge on any atom is -0.378 e. The Morgan fingerprint density at radius 2 is 2.22 bits per heavy atom. The van der Waals surface area contributed by atoms with Crippen molar-refractivity contribution in [2.45, 2.75) is 25.9 Å². The SMILES string of the molecule is CC1OCCC1C(=O)Cc1c(F)ccc(Br)c1F. The fourth-order valence-electron chi connectivity index (χ4n) is 2.19. The fraction of sp³-hybridized carbons (Fsp3) is 0.462. The van der Waals surface area contributed by atoms with Crippen LogP contribution in [0.3, 0.4) is 0 Å². The molecule has 2 unspecified atom stereocenters. The maximum Gasteiger partial charge on any atom is 0.143 e. The number of halogens is 3. The number of benzene rings is 1. The molecule has 0 N–H and O–H groups in total. The average molecular weight is 319 g/mol. The van der Waals surface area contributed by atoms with E-state index in [9.17, 15) is 13.6 Å². The zero-order valence-corrected chi connectivity index (χ0v) is 11.5. The molecule has 1 aliphatic heterocycles. The van der Waals surface area contributed by atoms with Crippen LogP contribution in [-0.2, 0) is 16.0 Å². The molecule has 1 aromatic carbocycles. The van der Waals surface area contributed by atoms with Gasteiger partial charge in [0.1, 0.15) is 17.4 Å². The molecule has 2 nitrogen and oxygen atoms in total. The van der Waals surface area contributed by atoms with Crippen LogP contribution in [0.5, 0.6) is 0 Å². The lowest BCUT2D eigenvalue weighted by atomic mass is 9.92. The van der Waals surface area contributed by atoms with Crippen LogP contribution in [0.25, 0.3) is 0 Å². The predicted octanol–water partition coefficient (Wildman–Crippen LogP) is 3.26. The van der Waals surface area contributed by atoms with Crippen molar-refractivity contribution < 1.29 is 18.3 Å². The van der Waals surface area contributed by atoms with Crippen LogP contribution in [0.15, 0.2) is 16.6 Å². The van der Waals surface area contributed by atoms with Crippen molar-refractivity contribution in [1.29, 1.82) is 0 Å². The van der Waals surface area contributed by atoms with E-state index in [2.05, 4.69) is 15.9 Å². The van der Waals surface area contributed by atoms with E-state index in [-0.39, 0.29) is 34.3 Å². The van der Waals surface area contributed by atoms with E-state index in [1.807, 2.05) is 6.92 Å². The summed E-state index contributed by atoms with van der Waals surface area (Å²) in [6.45, 7) is 2.34. The van der Waals surface area contributed by atoms with Gasteiger partial charge in [-0.05, 0) is 41.4 Å². The first-order chi connectivity index (χ1) is 8.50. The fourth-order valence-corrected chi connectivity index (χ4v) is 2.56. The Bertz CT molecular complexity index is 476. The molecular weight excluding hydrogens is 306 g/mol. The monoisotopic (exact) mass is 318 g/mol. The minimum absolute atomic E-state index is 0.169. The lowest BCUT2D eigenvalue weighted by molar-refractivity contribution is -0.123. The molecule has 98 valence electrons. The summed E-state index contributed by atoms with van der Waals surface area (Å²) in [5, 5.41) is 0. The summed E-state index contributed by atoms with van der Waals surface area (Å²) < 4.78 is 32.7. The van der Waals surface area contributed by atoms with E-state index in [4.69, 9.17) is 4.74 Å². The van der Waals surface area contributed by atoms with Crippen LogP contribution in [0.1, 0.15) is 18.9 Å². The molecular formula is C13H13BrF2O2. The molecule has 0 saturated carbocycles. The van der Waals surface area contributed by atoms with E-state index in [1.165, 1.54) is 6.07 Å². The van der Waals surface area contributed by atoms with Gasteiger partial charge in [0.25, 0.3) is 0 Å². The number of hydrogen-bond acceptors (Lipinski definition) is 2. The first-order valence-electron chi connectivity index (χ1n) is 5.77. The van der Waals surface area contributed by atoms with Gasteiger partial charge in [0.15, 0.2) is 0 Å². The standard InChI is InChI=1S/C13H13BrF2O2/c1-7-8(4-5-18-7)12(17)6-9-11(15)3-2-10(14)13(9)16/h2-3,7-8H,4-6H2,1H3. The van der Waals surface area contributed by atoms with Crippen molar-refractivity contribution >= 4 is 21.7 Å². The molecule has 2 rings (SSSR count). The topological polar surface area (TPSA) is 26.3 Å². The summed E-state index contributed by atoms with van der Waals surface area (Å²) in [4.78, 5) is 12.0. The summed E-state index contributed by atoms with van der Waals surface area (Å²) >= 11 is 2.99. The minimum atomic E-state index is -0.699. The third-order valence-corrected chi connectivity index (χ3v) is 3.89. The smallest absolute Gasteiger partial charge is 0.143 e. The first kappa shape index (κ1) is 13.6. The summed E-state index contributed by atoms with van der Waals surface area (Å²) in [6.07, 6.45) is 0.225. The average Bonchev–Trinajstić information content (AvgIpc) is 2.76. The van der Waals surface area contributed by atoms with Gasteiger partial charge in [-0.1, -0.05) is 0 Å². The summed E-state index contributed by atoms with van der Waals surface area (Å²) in [5.41, 5.74) is -0.173. The van der Waals surface area contributed by atoms with Crippen molar-refractivity contribution in [2.75, 3.05) is 6.61 Å². The second-order valence-electron chi connectivity index (χ2n) is 4.44. The summed E-state index contributed by atoms with van der Waals surface area (Å²) in [6, 6.07) is 2.45. The van der Waals surface area contributed by atoms with Crippen LogP contribution in [0.2, 0.25) is 0 Å². The molecule has 1 aromatic rings. The molecule has 0 radical (unpaired) electrons. The lowest BCUT2D eigenvalue weighted by Gasteiger charge is -2.13. The number of ketones is 1. The third kappa shape index (κ3) is 2.62. The lowest BCUT2D eigenvalue weighted by Crippen LogP contribution is -2.24. The molecule has 0 spiro atoms. The van der Waals surface area contributed by atoms with Crippen LogP contribution < -0.4 is 0 Å². The van der Waals surface area contributed by atoms with E-state index in [0.29, 0.717) is 13.0 Å². The molecule has 5 heteroatoms. The molecule has 1 fully saturated rings. The van der Waals surface area contributed by atoms with Crippen molar-refractivity contribution in [3.05, 3.63) is 33.8 Å². The van der Waals surface area contributed by atoms with Crippen molar-refractivity contribution in [3.8, 4) is 0 Å². The first-order valence-corrected chi connectivity index (χ1v) is 6.56. The second-order valence-corrected chi connectivity index (χ2v) is 5.29. The third-order valence-electron chi connectivity index (χ3n) is 3.28. The Morgan fingerprint density at radius 3 is 2.83 bits per heavy atom. The van der Waals surface area contributed by atoms with Gasteiger partial charge in [-0.15, -0.1) is 0 Å². The number of carbonyl (C=O) groups excluding carboxylic acids is 1. The van der Waals surface area contributed by atoms with Gasteiger partial charge in [0.2, 0.25) is 0 Å². The van der Waals surface area contributed by atoms with Crippen LogP contribution >= 0.6 is 15.9 Å². The Labute approximate surface area is 112 Å². The van der Waals surface area contributed by atoms with Crippen LogP contribution in [-0.4, -0.2) is 18.5 Å². The summed E-state index contributed by atoms with van der Waals surface area (Å²) in [5.74, 6) is -1.82. The Morgan fingerprint density at radius 1 is 1.50 bits per heavy atom. The van der Waals surface area contributed by atoms with E-state index in [1.54, 1.807) is 0 Å². The maximum absolute atomic E-state index is 13.7. The quantitative estimate of drug-likeness (QED) is 0.800. The summed E-state index contributed by atoms with van der Waals surface area (Å²) in [7, 11) is 0. The zero-order valence-electron chi connectivity index (χ0n) is 9.88. The van der Waals surface area contributed by atoms with Gasteiger partial charge in [-0.25, -0.2) is 8.78 Å². The van der Waals surface area contributed by atoms with Crippen LogP contribution in [0, 0.1) is 17.6 Å².